The minimum Gasteiger partial charge on any atom is -0.339 e. The Labute approximate surface area is 195 Å². The number of benzene rings is 1. The lowest BCUT2D eigenvalue weighted by Crippen LogP contribution is -2.51. The molecule has 1 aromatic carbocycles. The zero-order valence-electron chi connectivity index (χ0n) is 18.0. The summed E-state index contributed by atoms with van der Waals surface area (Å²) in [6.45, 7) is 3.35. The van der Waals surface area contributed by atoms with Crippen LogP contribution >= 0.6 is 11.8 Å². The second-order valence-corrected chi connectivity index (χ2v) is 10.1. The first-order chi connectivity index (χ1) is 15.9. The first-order valence-electron chi connectivity index (χ1n) is 10.4. The highest BCUT2D eigenvalue weighted by Crippen LogP contribution is 2.24. The number of carbonyl (C=O) groups excluding carboxylic acids is 1. The van der Waals surface area contributed by atoms with E-state index in [0.29, 0.717) is 17.5 Å². The molecular weight excluding hydrogens is 467 g/mol. The molecule has 0 radical (unpaired) electrons. The number of pyridine rings is 1. The highest BCUT2D eigenvalue weighted by Gasteiger charge is 2.31. The molecule has 1 aliphatic heterocycles. The van der Waals surface area contributed by atoms with E-state index in [2.05, 4.69) is 15.2 Å². The summed E-state index contributed by atoms with van der Waals surface area (Å²) in [6.07, 6.45) is 3.37. The summed E-state index contributed by atoms with van der Waals surface area (Å²) in [5.41, 5.74) is 0.893. The van der Waals surface area contributed by atoms with Crippen LogP contribution in [0.1, 0.15) is 6.92 Å². The van der Waals surface area contributed by atoms with Gasteiger partial charge in [-0.1, -0.05) is 23.9 Å². The Morgan fingerprint density at radius 3 is 2.42 bits per heavy atom. The number of aromatic nitrogens is 4. The number of thioether (sulfide) groups is 1. The van der Waals surface area contributed by atoms with Crippen molar-refractivity contribution in [2.45, 2.75) is 23.5 Å². The van der Waals surface area contributed by atoms with Crippen molar-refractivity contribution in [3.63, 3.8) is 0 Å². The second kappa shape index (κ2) is 9.98. The topological polar surface area (TPSA) is 101 Å². The van der Waals surface area contributed by atoms with Crippen LogP contribution in [0.3, 0.4) is 0 Å². The lowest BCUT2D eigenvalue weighted by molar-refractivity contribution is -0.129. The molecule has 3 aromatic rings. The third-order valence-electron chi connectivity index (χ3n) is 5.34. The van der Waals surface area contributed by atoms with Crippen LogP contribution in [0.5, 0.6) is 0 Å². The van der Waals surface area contributed by atoms with Crippen molar-refractivity contribution in [1.82, 2.24) is 29.0 Å². The monoisotopic (exact) mass is 490 g/mol. The summed E-state index contributed by atoms with van der Waals surface area (Å²) in [5, 5.41) is 9.12. The van der Waals surface area contributed by atoms with Gasteiger partial charge in [-0.15, -0.1) is 10.2 Å². The van der Waals surface area contributed by atoms with Crippen LogP contribution in [-0.4, -0.2) is 75.2 Å². The number of rotatable bonds is 7. The van der Waals surface area contributed by atoms with Crippen molar-refractivity contribution >= 4 is 27.7 Å². The van der Waals surface area contributed by atoms with Crippen LogP contribution in [0, 0.1) is 5.82 Å². The van der Waals surface area contributed by atoms with E-state index in [1.165, 1.54) is 34.3 Å². The van der Waals surface area contributed by atoms with Crippen molar-refractivity contribution in [2.24, 2.45) is 0 Å². The van der Waals surface area contributed by atoms with Gasteiger partial charge in [0.25, 0.3) is 0 Å². The number of halogens is 1. The smallest absolute Gasteiger partial charge is 0.246 e. The number of amides is 1. The molecule has 2 aromatic heterocycles. The van der Waals surface area contributed by atoms with Crippen molar-refractivity contribution in [3.8, 4) is 11.4 Å². The average molecular weight is 491 g/mol. The van der Waals surface area contributed by atoms with Gasteiger partial charge in [0.1, 0.15) is 10.7 Å². The number of hydrogen-bond acceptors (Lipinski definition) is 7. The molecule has 3 heterocycles. The molecule has 174 valence electrons. The zero-order chi connectivity index (χ0) is 23.4. The Kier molecular flexibility index (Phi) is 7.05. The van der Waals surface area contributed by atoms with Gasteiger partial charge in [0.05, 0.1) is 5.75 Å². The Morgan fingerprint density at radius 1 is 1.06 bits per heavy atom. The van der Waals surface area contributed by atoms with Crippen LogP contribution in [0.4, 0.5) is 4.39 Å². The normalized spacial score (nSPS) is 15.0. The third-order valence-corrected chi connectivity index (χ3v) is 8.23. The molecule has 1 amide bonds. The number of hydrogen-bond donors (Lipinski definition) is 0. The summed E-state index contributed by atoms with van der Waals surface area (Å²) in [7, 11) is -3.94. The predicted octanol–water partition coefficient (Wildman–Crippen LogP) is 2.12. The van der Waals surface area contributed by atoms with E-state index in [4.69, 9.17) is 0 Å². The first-order valence-corrected chi connectivity index (χ1v) is 12.8. The van der Waals surface area contributed by atoms with Crippen molar-refractivity contribution in [3.05, 3.63) is 54.6 Å². The molecule has 0 unspecified atom stereocenters. The molecule has 4 rings (SSSR count). The minimum atomic E-state index is -3.94. The van der Waals surface area contributed by atoms with E-state index in [1.807, 2.05) is 23.6 Å². The summed E-state index contributed by atoms with van der Waals surface area (Å²) in [4.78, 5) is 18.0. The molecule has 12 heteroatoms. The Hall–Kier alpha value is -2.83. The Morgan fingerprint density at radius 2 is 1.76 bits per heavy atom. The summed E-state index contributed by atoms with van der Waals surface area (Å²) < 4.78 is 42.6. The second-order valence-electron chi connectivity index (χ2n) is 7.29. The highest BCUT2D eigenvalue weighted by molar-refractivity contribution is 7.99. The first kappa shape index (κ1) is 23.3. The van der Waals surface area contributed by atoms with Gasteiger partial charge in [0.15, 0.2) is 11.0 Å². The van der Waals surface area contributed by atoms with Crippen molar-refractivity contribution < 1.29 is 17.6 Å². The van der Waals surface area contributed by atoms with E-state index in [9.17, 15) is 17.6 Å². The SMILES string of the molecule is CCn1c(SCC(=O)N2CCN(S(=O)(=O)c3ccccc3F)CC2)nnc1-c1ccncc1. The fourth-order valence-electron chi connectivity index (χ4n) is 3.58. The number of sulfonamides is 1. The summed E-state index contributed by atoms with van der Waals surface area (Å²) in [5.74, 6) is -0.0198. The highest BCUT2D eigenvalue weighted by atomic mass is 32.2. The molecule has 0 spiro atoms. The fraction of sp³-hybridized carbons (Fsp3) is 0.333. The van der Waals surface area contributed by atoms with Gasteiger partial charge in [-0.3, -0.25) is 9.78 Å². The maximum absolute atomic E-state index is 14.0. The largest absolute Gasteiger partial charge is 0.339 e. The van der Waals surface area contributed by atoms with Crippen molar-refractivity contribution in [2.75, 3.05) is 31.9 Å². The Balaban J connectivity index is 1.36. The van der Waals surface area contributed by atoms with Crippen LogP contribution in [0.25, 0.3) is 11.4 Å². The number of carbonyl (C=O) groups is 1. The van der Waals surface area contributed by atoms with Gasteiger partial charge in [0, 0.05) is 50.7 Å². The van der Waals surface area contributed by atoms with Gasteiger partial charge < -0.3 is 9.47 Å². The molecule has 0 bridgehead atoms. The van der Waals surface area contributed by atoms with E-state index in [0.717, 1.165) is 11.6 Å². The predicted molar refractivity (Wildman–Crippen MR) is 121 cm³/mol. The standard InChI is InChI=1S/C21H23FN6O3S2/c1-2-28-20(16-7-9-23-10-8-16)24-25-21(28)32-15-19(29)26-11-13-27(14-12-26)33(30,31)18-6-4-3-5-17(18)22/h3-10H,2,11-15H2,1H3. The fourth-order valence-corrected chi connectivity index (χ4v) is 5.98. The third kappa shape index (κ3) is 4.92. The molecule has 0 atom stereocenters. The number of nitrogens with zero attached hydrogens (tertiary/aromatic N) is 6. The van der Waals surface area contributed by atoms with E-state index < -0.39 is 15.8 Å². The van der Waals surface area contributed by atoms with Crippen LogP contribution in [-0.2, 0) is 21.4 Å². The molecule has 0 saturated carbocycles. The lowest BCUT2D eigenvalue weighted by atomic mass is 10.2. The zero-order valence-corrected chi connectivity index (χ0v) is 19.6. The average Bonchev–Trinajstić information content (AvgIpc) is 3.26. The minimum absolute atomic E-state index is 0.112. The molecule has 9 nitrogen and oxygen atoms in total. The van der Waals surface area contributed by atoms with Gasteiger partial charge in [-0.2, -0.15) is 4.31 Å². The van der Waals surface area contributed by atoms with Gasteiger partial charge >= 0.3 is 0 Å². The maximum Gasteiger partial charge on any atom is 0.246 e. The van der Waals surface area contributed by atoms with Gasteiger partial charge in [0.2, 0.25) is 15.9 Å². The molecule has 0 N–H and O–H groups in total. The van der Waals surface area contributed by atoms with Crippen LogP contribution in [0.2, 0.25) is 0 Å². The summed E-state index contributed by atoms with van der Waals surface area (Å²) >= 11 is 1.30. The molecule has 33 heavy (non-hydrogen) atoms. The maximum atomic E-state index is 14.0. The van der Waals surface area contributed by atoms with E-state index >= 15 is 0 Å². The molecule has 1 aliphatic rings. The molecule has 1 fully saturated rings. The van der Waals surface area contributed by atoms with Crippen LogP contribution < -0.4 is 0 Å². The summed E-state index contributed by atoms with van der Waals surface area (Å²) in [6, 6.07) is 9.02. The molecular formula is C21H23FN6O3S2. The van der Waals surface area contributed by atoms with Gasteiger partial charge in [-0.25, -0.2) is 12.8 Å². The van der Waals surface area contributed by atoms with Crippen LogP contribution in [0.15, 0.2) is 58.8 Å². The molecule has 1 saturated heterocycles. The van der Waals surface area contributed by atoms with E-state index in [1.54, 1.807) is 17.3 Å². The number of piperazine rings is 1. The van der Waals surface area contributed by atoms with Crippen molar-refractivity contribution in [1.29, 1.82) is 0 Å². The quantitative estimate of drug-likeness (QED) is 0.468. The van der Waals surface area contributed by atoms with Gasteiger partial charge in [-0.05, 0) is 31.2 Å². The Bertz CT molecular complexity index is 1230. The van der Waals surface area contributed by atoms with E-state index in [-0.39, 0.29) is 42.7 Å². The molecule has 0 aliphatic carbocycles. The lowest BCUT2D eigenvalue weighted by Gasteiger charge is -2.34.